The van der Waals surface area contributed by atoms with Crippen molar-refractivity contribution in [1.29, 1.82) is 0 Å². The van der Waals surface area contributed by atoms with Crippen LogP contribution in [0.1, 0.15) is 6.42 Å². The molecule has 7 heavy (non-hydrogen) atoms. The van der Waals surface area contributed by atoms with Crippen LogP contribution in [-0.2, 0) is 0 Å². The van der Waals surface area contributed by atoms with Crippen molar-refractivity contribution >= 4 is 20.0 Å². The standard InChI is InChI=1S/C6H6Se/c7-6-4-2-1-3-5-6/h1-4H,5H2. The van der Waals surface area contributed by atoms with Gasteiger partial charge in [0.2, 0.25) is 0 Å². The van der Waals surface area contributed by atoms with E-state index in [4.69, 9.17) is 0 Å². The van der Waals surface area contributed by atoms with E-state index in [2.05, 4.69) is 33.8 Å². The molecule has 0 unspecified atom stereocenters. The predicted octanol–water partition coefficient (Wildman–Crippen LogP) is 0.843. The first-order valence-electron chi connectivity index (χ1n) is 2.25. The van der Waals surface area contributed by atoms with Crippen LogP contribution >= 0.6 is 0 Å². The third kappa shape index (κ3) is 1.42. The van der Waals surface area contributed by atoms with Crippen LogP contribution in [0, 0.1) is 0 Å². The van der Waals surface area contributed by atoms with E-state index >= 15 is 0 Å². The third-order valence-electron chi connectivity index (χ3n) is 0.848. The second-order valence-corrected chi connectivity index (χ2v) is 2.56. The second-order valence-electron chi connectivity index (χ2n) is 1.46. The van der Waals surface area contributed by atoms with E-state index in [1.54, 1.807) is 0 Å². The minimum atomic E-state index is 1.08. The molecule has 0 atom stereocenters. The molecule has 0 bridgehead atoms. The van der Waals surface area contributed by atoms with Gasteiger partial charge in [-0.2, -0.15) is 0 Å². The van der Waals surface area contributed by atoms with Crippen molar-refractivity contribution in [3.63, 3.8) is 0 Å². The number of allylic oxidation sites excluding steroid dienone is 4. The summed E-state index contributed by atoms with van der Waals surface area (Å²) in [5, 5.41) is 0. The molecular weight excluding hydrogens is 151 g/mol. The van der Waals surface area contributed by atoms with Gasteiger partial charge < -0.3 is 0 Å². The topological polar surface area (TPSA) is 0 Å². The molecule has 0 aromatic rings. The molecule has 0 aromatic heterocycles. The molecule has 1 heteroatoms. The monoisotopic (exact) mass is 158 g/mol. The van der Waals surface area contributed by atoms with Gasteiger partial charge in [0, 0.05) is 0 Å². The molecule has 1 aliphatic rings. The Labute approximate surface area is 51.3 Å². The van der Waals surface area contributed by atoms with Gasteiger partial charge in [-0.3, -0.25) is 0 Å². The fourth-order valence-corrected chi connectivity index (χ4v) is 0.860. The van der Waals surface area contributed by atoms with E-state index in [1.165, 1.54) is 4.42 Å². The van der Waals surface area contributed by atoms with Gasteiger partial charge in [0.25, 0.3) is 0 Å². The summed E-state index contributed by atoms with van der Waals surface area (Å²) >= 11 is 2.96. The number of rotatable bonds is 0. The molecule has 0 aromatic carbocycles. The molecule has 0 saturated carbocycles. The fourth-order valence-electron chi connectivity index (χ4n) is 0.494. The normalized spacial score (nSPS) is 18.0. The van der Waals surface area contributed by atoms with Crippen LogP contribution in [0.2, 0.25) is 0 Å². The van der Waals surface area contributed by atoms with Gasteiger partial charge in [-0.15, -0.1) is 0 Å². The average molecular weight is 157 g/mol. The Balaban J connectivity index is 2.66. The van der Waals surface area contributed by atoms with Crippen LogP contribution in [0.5, 0.6) is 0 Å². The first kappa shape index (κ1) is 5.02. The maximum absolute atomic E-state index is 2.96. The van der Waals surface area contributed by atoms with Crippen LogP contribution in [0.15, 0.2) is 24.3 Å². The molecule has 1 aliphatic carbocycles. The third-order valence-corrected chi connectivity index (χ3v) is 1.48. The van der Waals surface area contributed by atoms with Gasteiger partial charge in [-0.1, -0.05) is 0 Å². The summed E-state index contributed by atoms with van der Waals surface area (Å²) in [5.74, 6) is 0. The van der Waals surface area contributed by atoms with E-state index in [0.29, 0.717) is 0 Å². The van der Waals surface area contributed by atoms with Gasteiger partial charge in [-0.05, 0) is 0 Å². The van der Waals surface area contributed by atoms with Crippen molar-refractivity contribution in [3.05, 3.63) is 24.3 Å². The van der Waals surface area contributed by atoms with Crippen molar-refractivity contribution in [2.75, 3.05) is 0 Å². The van der Waals surface area contributed by atoms with E-state index in [-0.39, 0.29) is 0 Å². The van der Waals surface area contributed by atoms with Crippen LogP contribution in [-0.4, -0.2) is 20.0 Å². The number of hydrogen-bond acceptors (Lipinski definition) is 0. The molecule has 0 amide bonds. The Morgan fingerprint density at radius 3 is 2.57 bits per heavy atom. The molecule has 0 radical (unpaired) electrons. The van der Waals surface area contributed by atoms with Crippen molar-refractivity contribution in [3.8, 4) is 0 Å². The second kappa shape index (κ2) is 2.25. The van der Waals surface area contributed by atoms with E-state index in [1.807, 2.05) is 6.08 Å². The molecule has 0 saturated heterocycles. The molecule has 0 N–H and O–H groups in total. The summed E-state index contributed by atoms with van der Waals surface area (Å²) in [6.07, 6.45) is 9.39. The molecule has 36 valence electrons. The molecule has 0 heterocycles. The summed E-state index contributed by atoms with van der Waals surface area (Å²) in [4.78, 5) is 0. The molecule has 0 aliphatic heterocycles. The van der Waals surface area contributed by atoms with Crippen LogP contribution in [0.4, 0.5) is 0 Å². The van der Waals surface area contributed by atoms with Crippen molar-refractivity contribution in [1.82, 2.24) is 0 Å². The van der Waals surface area contributed by atoms with Gasteiger partial charge in [0.15, 0.2) is 0 Å². The number of hydrogen-bond donors (Lipinski definition) is 0. The Hall–Kier alpha value is -0.131. The quantitative estimate of drug-likeness (QED) is 0.457. The summed E-state index contributed by atoms with van der Waals surface area (Å²) in [5.41, 5.74) is 0. The van der Waals surface area contributed by atoms with E-state index in [9.17, 15) is 0 Å². The van der Waals surface area contributed by atoms with Crippen molar-refractivity contribution < 1.29 is 0 Å². The Bertz CT molecular complexity index is 131. The van der Waals surface area contributed by atoms with E-state index in [0.717, 1.165) is 6.42 Å². The summed E-state index contributed by atoms with van der Waals surface area (Å²) in [6, 6.07) is 0. The zero-order valence-corrected chi connectivity index (χ0v) is 5.64. The minimum absolute atomic E-state index is 1.08. The summed E-state index contributed by atoms with van der Waals surface area (Å²) in [6.45, 7) is 0. The molecule has 0 spiro atoms. The van der Waals surface area contributed by atoms with Gasteiger partial charge in [-0.25, -0.2) is 0 Å². The zero-order chi connectivity index (χ0) is 5.11. The Morgan fingerprint density at radius 1 is 1.43 bits per heavy atom. The van der Waals surface area contributed by atoms with E-state index < -0.39 is 0 Å². The molecule has 1 rings (SSSR count). The van der Waals surface area contributed by atoms with Gasteiger partial charge >= 0.3 is 50.7 Å². The molecule has 0 nitrogen and oxygen atoms in total. The van der Waals surface area contributed by atoms with Gasteiger partial charge in [0.05, 0.1) is 0 Å². The fraction of sp³-hybridized carbons (Fsp3) is 0.167. The van der Waals surface area contributed by atoms with Crippen molar-refractivity contribution in [2.45, 2.75) is 6.42 Å². The first-order valence-corrected chi connectivity index (χ1v) is 3.11. The summed E-state index contributed by atoms with van der Waals surface area (Å²) in [7, 11) is 0. The van der Waals surface area contributed by atoms with Crippen molar-refractivity contribution in [2.24, 2.45) is 0 Å². The Morgan fingerprint density at radius 2 is 2.29 bits per heavy atom. The van der Waals surface area contributed by atoms with Crippen LogP contribution < -0.4 is 0 Å². The predicted molar refractivity (Wildman–Crippen MR) is 33.7 cm³/mol. The van der Waals surface area contributed by atoms with Crippen LogP contribution in [0.25, 0.3) is 0 Å². The zero-order valence-electron chi connectivity index (χ0n) is 3.92. The first-order chi connectivity index (χ1) is 3.39. The Kier molecular flexibility index (Phi) is 1.61. The SMILES string of the molecule is [Se]=C1C=CC=CC1. The summed E-state index contributed by atoms with van der Waals surface area (Å²) < 4.78 is 1.32. The van der Waals surface area contributed by atoms with Gasteiger partial charge in [0.1, 0.15) is 0 Å². The molecule has 0 fully saturated rings. The average Bonchev–Trinajstić information content (AvgIpc) is 1.69. The maximum atomic E-state index is 2.96. The van der Waals surface area contributed by atoms with Crippen LogP contribution in [0.3, 0.4) is 0 Å². The molecular formula is C6H6Se.